The van der Waals surface area contributed by atoms with Crippen molar-refractivity contribution in [1.82, 2.24) is 5.32 Å². The fourth-order valence-corrected chi connectivity index (χ4v) is 2.75. The Bertz CT molecular complexity index is 359. The first-order valence-electron chi connectivity index (χ1n) is 5.93. The van der Waals surface area contributed by atoms with Crippen molar-refractivity contribution in [3.63, 3.8) is 0 Å². The molecule has 1 aliphatic heterocycles. The molecule has 0 saturated carbocycles. The molecule has 1 aromatic rings. The first kappa shape index (κ1) is 12.1. The van der Waals surface area contributed by atoms with E-state index in [4.69, 9.17) is 5.73 Å². The normalized spacial score (nSPS) is 23.1. The van der Waals surface area contributed by atoms with Crippen molar-refractivity contribution in [1.29, 1.82) is 0 Å². The number of aryl methyl sites for hydroxylation is 1. The van der Waals surface area contributed by atoms with Crippen LogP contribution >= 0.6 is 15.9 Å². The first-order valence-corrected chi connectivity index (χ1v) is 6.73. The minimum atomic E-state index is 0.109. The van der Waals surface area contributed by atoms with Crippen LogP contribution in [-0.4, -0.2) is 12.6 Å². The molecule has 2 atom stereocenters. The van der Waals surface area contributed by atoms with Gasteiger partial charge in [0.15, 0.2) is 0 Å². The molecule has 2 rings (SSSR count). The fraction of sp³-hybridized carbons (Fsp3) is 0.538. The number of piperidine rings is 1. The fourth-order valence-electron chi connectivity index (χ4n) is 2.37. The summed E-state index contributed by atoms with van der Waals surface area (Å²) in [4.78, 5) is 0. The number of hydrogen-bond donors (Lipinski definition) is 2. The zero-order valence-electron chi connectivity index (χ0n) is 9.67. The van der Waals surface area contributed by atoms with Crippen molar-refractivity contribution < 1.29 is 0 Å². The predicted molar refractivity (Wildman–Crippen MR) is 71.4 cm³/mol. The van der Waals surface area contributed by atoms with E-state index < -0.39 is 0 Å². The van der Waals surface area contributed by atoms with E-state index >= 15 is 0 Å². The lowest BCUT2D eigenvalue weighted by Crippen LogP contribution is -2.42. The average Bonchev–Trinajstić information content (AvgIpc) is 2.32. The molecule has 0 radical (unpaired) electrons. The Hall–Kier alpha value is -0.380. The van der Waals surface area contributed by atoms with Crippen molar-refractivity contribution in [2.24, 2.45) is 5.73 Å². The zero-order chi connectivity index (χ0) is 11.5. The molecule has 0 amide bonds. The summed E-state index contributed by atoms with van der Waals surface area (Å²) < 4.78 is 1.11. The molecule has 3 heteroatoms. The highest BCUT2D eigenvalue weighted by Gasteiger charge is 2.22. The Kier molecular flexibility index (Phi) is 4.00. The highest BCUT2D eigenvalue weighted by atomic mass is 79.9. The van der Waals surface area contributed by atoms with Crippen LogP contribution in [0.5, 0.6) is 0 Å². The third-order valence-electron chi connectivity index (χ3n) is 3.38. The van der Waals surface area contributed by atoms with Crippen molar-refractivity contribution in [3.05, 3.63) is 33.8 Å². The lowest BCUT2D eigenvalue weighted by Gasteiger charge is -2.30. The van der Waals surface area contributed by atoms with Crippen molar-refractivity contribution >= 4 is 15.9 Å². The van der Waals surface area contributed by atoms with Gasteiger partial charge in [-0.2, -0.15) is 0 Å². The second-order valence-corrected chi connectivity index (χ2v) is 5.50. The quantitative estimate of drug-likeness (QED) is 0.876. The monoisotopic (exact) mass is 282 g/mol. The van der Waals surface area contributed by atoms with Crippen LogP contribution in [0.3, 0.4) is 0 Å². The van der Waals surface area contributed by atoms with Gasteiger partial charge in [-0.3, -0.25) is 0 Å². The van der Waals surface area contributed by atoms with Crippen LogP contribution in [0.25, 0.3) is 0 Å². The summed E-state index contributed by atoms with van der Waals surface area (Å²) in [7, 11) is 0. The molecule has 2 unspecified atom stereocenters. The van der Waals surface area contributed by atoms with Crippen molar-refractivity contribution in [2.45, 2.75) is 38.3 Å². The predicted octanol–water partition coefficient (Wildman–Crippen LogP) is 2.90. The van der Waals surface area contributed by atoms with Crippen molar-refractivity contribution in [3.8, 4) is 0 Å². The molecule has 3 N–H and O–H groups in total. The summed E-state index contributed by atoms with van der Waals surface area (Å²) in [6, 6.07) is 6.89. The van der Waals surface area contributed by atoms with E-state index in [1.807, 2.05) is 0 Å². The molecule has 1 fully saturated rings. The minimum Gasteiger partial charge on any atom is -0.323 e. The lowest BCUT2D eigenvalue weighted by molar-refractivity contribution is 0.353. The Balaban J connectivity index is 2.18. The summed E-state index contributed by atoms with van der Waals surface area (Å²) in [6.07, 6.45) is 3.76. The molecule has 0 spiro atoms. The molecule has 1 aromatic carbocycles. The Morgan fingerprint density at radius 1 is 1.44 bits per heavy atom. The standard InChI is InChI=1S/C13H19BrN2/c1-9-5-6-10(14)8-11(9)13(15)12-4-2-3-7-16-12/h5-6,8,12-13,16H,2-4,7,15H2,1H3. The van der Waals surface area contributed by atoms with Gasteiger partial charge in [-0.05, 0) is 49.6 Å². The highest BCUT2D eigenvalue weighted by molar-refractivity contribution is 9.10. The van der Waals surface area contributed by atoms with E-state index in [-0.39, 0.29) is 6.04 Å². The van der Waals surface area contributed by atoms with Gasteiger partial charge in [0.2, 0.25) is 0 Å². The minimum absolute atomic E-state index is 0.109. The van der Waals surface area contributed by atoms with E-state index in [2.05, 4.69) is 46.4 Å². The zero-order valence-corrected chi connectivity index (χ0v) is 11.3. The van der Waals surface area contributed by atoms with Gasteiger partial charge in [0.25, 0.3) is 0 Å². The van der Waals surface area contributed by atoms with Crippen LogP contribution in [0, 0.1) is 6.92 Å². The van der Waals surface area contributed by atoms with Crippen LogP contribution in [0.2, 0.25) is 0 Å². The summed E-state index contributed by atoms with van der Waals surface area (Å²) in [5, 5.41) is 3.52. The van der Waals surface area contributed by atoms with Gasteiger partial charge in [0.05, 0.1) is 0 Å². The third kappa shape index (κ3) is 2.65. The van der Waals surface area contributed by atoms with E-state index in [0.717, 1.165) is 11.0 Å². The Morgan fingerprint density at radius 3 is 2.94 bits per heavy atom. The molecule has 1 heterocycles. The maximum absolute atomic E-state index is 6.36. The summed E-state index contributed by atoms with van der Waals surface area (Å²) in [6.45, 7) is 3.23. The van der Waals surface area contributed by atoms with Gasteiger partial charge >= 0.3 is 0 Å². The molecule has 0 aliphatic carbocycles. The van der Waals surface area contributed by atoms with Gasteiger partial charge in [-0.15, -0.1) is 0 Å². The molecule has 88 valence electrons. The van der Waals surface area contributed by atoms with Crippen LogP contribution in [0.1, 0.15) is 36.4 Å². The number of nitrogens with one attached hydrogen (secondary N) is 1. The van der Waals surface area contributed by atoms with Gasteiger partial charge in [-0.25, -0.2) is 0 Å². The average molecular weight is 283 g/mol. The van der Waals surface area contributed by atoms with Gasteiger partial charge in [0.1, 0.15) is 0 Å². The van der Waals surface area contributed by atoms with Gasteiger partial charge in [0, 0.05) is 16.6 Å². The molecule has 0 bridgehead atoms. The molecule has 1 saturated heterocycles. The topological polar surface area (TPSA) is 38.0 Å². The Morgan fingerprint density at radius 2 is 2.25 bits per heavy atom. The highest BCUT2D eigenvalue weighted by Crippen LogP contribution is 2.26. The molecular formula is C13H19BrN2. The van der Waals surface area contributed by atoms with E-state index in [0.29, 0.717) is 6.04 Å². The molecular weight excluding hydrogens is 264 g/mol. The number of halogens is 1. The second kappa shape index (κ2) is 5.30. The van der Waals surface area contributed by atoms with Crippen LogP contribution < -0.4 is 11.1 Å². The van der Waals surface area contributed by atoms with E-state index in [1.165, 1.54) is 30.4 Å². The Labute approximate surface area is 106 Å². The number of hydrogen-bond acceptors (Lipinski definition) is 2. The molecule has 2 nitrogen and oxygen atoms in total. The largest absolute Gasteiger partial charge is 0.323 e. The number of rotatable bonds is 2. The van der Waals surface area contributed by atoms with Crippen LogP contribution in [0.4, 0.5) is 0 Å². The summed E-state index contributed by atoms with van der Waals surface area (Å²) >= 11 is 3.51. The van der Waals surface area contributed by atoms with Crippen LogP contribution in [-0.2, 0) is 0 Å². The van der Waals surface area contributed by atoms with Gasteiger partial charge in [-0.1, -0.05) is 28.4 Å². The second-order valence-electron chi connectivity index (χ2n) is 4.58. The number of benzene rings is 1. The lowest BCUT2D eigenvalue weighted by atomic mass is 9.91. The first-order chi connectivity index (χ1) is 7.68. The SMILES string of the molecule is Cc1ccc(Br)cc1C(N)C1CCCCN1. The van der Waals surface area contributed by atoms with Crippen molar-refractivity contribution in [2.75, 3.05) is 6.54 Å². The maximum Gasteiger partial charge on any atom is 0.0453 e. The maximum atomic E-state index is 6.36. The summed E-state index contributed by atoms with van der Waals surface area (Å²) in [5.74, 6) is 0. The van der Waals surface area contributed by atoms with Crippen LogP contribution in [0.15, 0.2) is 22.7 Å². The van der Waals surface area contributed by atoms with E-state index in [9.17, 15) is 0 Å². The molecule has 16 heavy (non-hydrogen) atoms. The third-order valence-corrected chi connectivity index (χ3v) is 3.88. The smallest absolute Gasteiger partial charge is 0.0453 e. The molecule has 0 aromatic heterocycles. The van der Waals surface area contributed by atoms with Gasteiger partial charge < -0.3 is 11.1 Å². The molecule has 1 aliphatic rings. The number of nitrogens with two attached hydrogens (primary N) is 1. The van der Waals surface area contributed by atoms with E-state index in [1.54, 1.807) is 0 Å². The summed E-state index contributed by atoms with van der Waals surface area (Å²) in [5.41, 5.74) is 8.89.